The van der Waals surface area contributed by atoms with E-state index in [4.69, 9.17) is 76.2 Å². The predicted octanol–water partition coefficient (Wildman–Crippen LogP) is -14.2. The smallest absolute Gasteiger partial charge is 0.317 e. The summed E-state index contributed by atoms with van der Waals surface area (Å²) in [6, 6.07) is 0. The van der Waals surface area contributed by atoms with Crippen molar-refractivity contribution in [3.8, 4) is 0 Å². The van der Waals surface area contributed by atoms with E-state index in [1.54, 1.807) is 0 Å². The fourth-order valence-corrected chi connectivity index (χ4v) is 12.3. The molecule has 21 rings (SSSR count). The largest absolute Gasteiger partial charge is 0.481 e. The lowest BCUT2D eigenvalue weighted by molar-refractivity contribution is -0.397. The minimum atomic E-state index is -2.27. The van der Waals surface area contributed by atoms with Crippen LogP contribution in [0.25, 0.3) is 0 Å². The van der Waals surface area contributed by atoms with Crippen molar-refractivity contribution in [2.75, 3.05) is 58.6 Å². The molecule has 36 atom stereocenters. The van der Waals surface area contributed by atoms with Crippen LogP contribution in [0.3, 0.4) is 0 Å². The maximum atomic E-state index is 11.8. The first-order valence-corrected chi connectivity index (χ1v) is 29.4. The Bertz CT molecular complexity index is 2190. The Balaban J connectivity index is 1.08. The number of rotatable bonds is 16. The van der Waals surface area contributed by atoms with Crippen LogP contribution in [-0.4, -0.2) is 403 Å². The molecule has 89 heavy (non-hydrogen) atoms. The van der Waals surface area contributed by atoms with E-state index in [9.17, 15) is 117 Å². The average Bonchev–Trinajstić information content (AvgIpc) is 1.07. The molecule has 0 saturated carbocycles. The normalized spacial score (nSPS) is 49.8. The molecular formula is C49H80O39S. The standard InChI is InChI=1S/C49H80O39S/c50-5-12-35-22(59)29(66)44(76-12)84-37-14(7-52)78-46(31(68)24(37)61)86-39-16(9-54)80-48(33(70)26(39)63)88-41-18(11-74-2-1-3-89-19(42(72)73)4-20(56)57)81-49(34(71)27(41)64)87-40-17(10-55)79-47(32(69)25(40)62)85-38-15(8-53)77-45(30(67)23(38)60)83-36-13(6-51)75-43(82-35)28(65)21(36)58/h12-19,21-41,43-55,58-71H,1-11H2,(H,56,57)(H,72,73)/t12-,13-,14-,15-,16-,17-,18?,19?,21-,22-,23-,24-,25+,26-,27-,28-,29-,30+,31-,32-,33-,34-,35-,36-,37-,38-,39-,40-,41-,43+,44+,45+,46+,47+,48+,49+/m1/s1. The fourth-order valence-electron chi connectivity index (χ4n) is 11.4. The van der Waals surface area contributed by atoms with Gasteiger partial charge in [0.15, 0.2) is 44.0 Å². The van der Waals surface area contributed by atoms with Gasteiger partial charge in [0.25, 0.3) is 0 Å². The van der Waals surface area contributed by atoms with Crippen LogP contribution in [0, 0.1) is 0 Å². The minimum Gasteiger partial charge on any atom is -0.481 e. The number of carbonyl (C=O) groups is 2. The van der Waals surface area contributed by atoms with E-state index in [2.05, 4.69) is 0 Å². The summed E-state index contributed by atoms with van der Waals surface area (Å²) in [5, 5.41) is 240. The van der Waals surface area contributed by atoms with Gasteiger partial charge in [0, 0.05) is 6.61 Å². The third-order valence-electron chi connectivity index (χ3n) is 16.3. The van der Waals surface area contributed by atoms with Gasteiger partial charge in [0.05, 0.1) is 52.7 Å². The fraction of sp³-hybridized carbons (Fsp3) is 0.959. The second-order valence-electron chi connectivity index (χ2n) is 22.2. The first kappa shape index (κ1) is 72.7. The summed E-state index contributed by atoms with van der Waals surface area (Å²) >= 11 is 0.786. The van der Waals surface area contributed by atoms with Crippen molar-refractivity contribution < 1.29 is 193 Å². The van der Waals surface area contributed by atoms with E-state index in [-0.39, 0.29) is 18.8 Å². The molecule has 516 valence electrons. The quantitative estimate of drug-likeness (QED) is 0.0638. The zero-order valence-electron chi connectivity index (χ0n) is 46.7. The number of hydrogen-bond acceptors (Lipinski definition) is 38. The number of ether oxygens (including phenoxy) is 15. The highest BCUT2D eigenvalue weighted by Crippen LogP contribution is 2.39. The van der Waals surface area contributed by atoms with Crippen molar-refractivity contribution in [3.05, 3.63) is 0 Å². The van der Waals surface area contributed by atoms with Crippen LogP contribution in [0.1, 0.15) is 12.8 Å². The lowest BCUT2D eigenvalue weighted by Crippen LogP contribution is -2.68. The lowest BCUT2D eigenvalue weighted by Gasteiger charge is -2.50. The Morgan fingerprint density at radius 3 is 0.742 bits per heavy atom. The molecule has 0 radical (unpaired) electrons. The van der Waals surface area contributed by atoms with Crippen LogP contribution in [0.2, 0.25) is 0 Å². The third-order valence-corrected chi connectivity index (χ3v) is 17.6. The van der Waals surface area contributed by atoms with Crippen molar-refractivity contribution >= 4 is 23.7 Å². The number of aliphatic hydroxyl groups excluding tert-OH is 20. The van der Waals surface area contributed by atoms with Gasteiger partial charge in [-0.15, -0.1) is 11.8 Å². The number of hydrogen-bond donors (Lipinski definition) is 22. The average molecular weight is 1330 g/mol. The van der Waals surface area contributed by atoms with Crippen molar-refractivity contribution in [3.63, 3.8) is 0 Å². The number of aliphatic hydroxyl groups is 20. The van der Waals surface area contributed by atoms with Crippen LogP contribution < -0.4 is 0 Å². The zero-order chi connectivity index (χ0) is 65.0. The van der Waals surface area contributed by atoms with Crippen LogP contribution in [-0.2, 0) is 80.6 Å². The highest BCUT2D eigenvalue weighted by Gasteiger charge is 2.59. The van der Waals surface area contributed by atoms with Gasteiger partial charge in [-0.05, 0) is 12.2 Å². The van der Waals surface area contributed by atoms with Gasteiger partial charge in [-0.3, -0.25) is 9.59 Å². The first-order valence-electron chi connectivity index (χ1n) is 28.3. The summed E-state index contributed by atoms with van der Waals surface area (Å²) in [7, 11) is 0. The molecule has 0 aromatic carbocycles. The summed E-state index contributed by atoms with van der Waals surface area (Å²) in [4.78, 5) is 22.8. The Labute approximate surface area is 507 Å². The van der Waals surface area contributed by atoms with E-state index in [1.807, 2.05) is 0 Å². The van der Waals surface area contributed by atoms with E-state index >= 15 is 0 Å². The molecule has 21 aliphatic rings. The van der Waals surface area contributed by atoms with Crippen molar-refractivity contribution in [2.45, 2.75) is 233 Å². The predicted molar refractivity (Wildman–Crippen MR) is 273 cm³/mol. The van der Waals surface area contributed by atoms with Gasteiger partial charge < -0.3 is 183 Å². The highest BCUT2D eigenvalue weighted by atomic mass is 32.2. The molecule has 21 saturated heterocycles. The molecule has 22 N–H and O–H groups in total. The maximum absolute atomic E-state index is 11.8. The Morgan fingerprint density at radius 2 is 0.539 bits per heavy atom. The third kappa shape index (κ3) is 15.9. The number of carboxylic acid groups (broad SMARTS) is 2. The molecule has 0 amide bonds. The molecule has 2 unspecified atom stereocenters. The number of thioether (sulfide) groups is 1. The second-order valence-corrected chi connectivity index (χ2v) is 23.5. The van der Waals surface area contributed by atoms with Gasteiger partial charge >= 0.3 is 11.9 Å². The molecule has 0 aromatic rings. The summed E-state index contributed by atoms with van der Waals surface area (Å²) in [6.07, 6.45) is -72.3. The van der Waals surface area contributed by atoms with Gasteiger partial charge in [0.2, 0.25) is 0 Å². The molecule has 0 aliphatic carbocycles. The molecule has 0 aromatic heterocycles. The van der Waals surface area contributed by atoms with Crippen molar-refractivity contribution in [2.24, 2.45) is 0 Å². The second kappa shape index (κ2) is 32.1. The lowest BCUT2D eigenvalue weighted by atomic mass is 9.95. The molecular weight excluding hydrogens is 1240 g/mol. The molecule has 39 nitrogen and oxygen atoms in total. The van der Waals surface area contributed by atoms with Crippen molar-refractivity contribution in [1.82, 2.24) is 0 Å². The van der Waals surface area contributed by atoms with Crippen LogP contribution >= 0.6 is 11.8 Å². The maximum Gasteiger partial charge on any atom is 0.317 e. The van der Waals surface area contributed by atoms with E-state index in [0.29, 0.717) is 0 Å². The SMILES string of the molecule is O=C(O)CC(SCCCOCC1O[C@H]2O[C@H]3[C@@H](O)[C@@H](O)[C@H](O[C@H]4[C@H](O)[C@H](O)[C@H](O[C@H]5[C@H](O)[C@@H](O)[C@H](O[C@H]6[C@H](O)[C@@H](O)[C@H](O[C@H]7[C@H](O)[C@@H](O)[C@H](O[C@H]8[C@H](O)[C@@H](O)[C@H](O[C@H]1[C@H](O)[C@H]2O)O[C@@H]8CO)O[C@@H]7CO)O[C@@H]6CO)O[C@@H]5CO)O[C@@H]4CO)O[C@@H]3CO)C(=O)O. The Morgan fingerprint density at radius 1 is 0.326 bits per heavy atom. The number of aliphatic carboxylic acids is 2. The van der Waals surface area contributed by atoms with Gasteiger partial charge in [-0.25, -0.2) is 0 Å². The molecule has 14 bridgehead atoms. The summed E-state index contributed by atoms with van der Waals surface area (Å²) in [5.41, 5.74) is 0. The summed E-state index contributed by atoms with van der Waals surface area (Å²) < 4.78 is 86.5. The van der Waals surface area contributed by atoms with Crippen LogP contribution in [0.5, 0.6) is 0 Å². The molecule has 0 spiro atoms. The number of carboxylic acids is 2. The summed E-state index contributed by atoms with van der Waals surface area (Å²) in [5.74, 6) is -2.72. The van der Waals surface area contributed by atoms with E-state index < -0.39 is 285 Å². The highest BCUT2D eigenvalue weighted by molar-refractivity contribution is 8.00. The monoisotopic (exact) mass is 1320 g/mol. The van der Waals surface area contributed by atoms with Crippen LogP contribution in [0.4, 0.5) is 0 Å². The summed E-state index contributed by atoms with van der Waals surface area (Å²) in [6.45, 7) is -7.36. The first-order chi connectivity index (χ1) is 42.3. The minimum absolute atomic E-state index is 0.0373. The Kier molecular flexibility index (Phi) is 26.2. The molecule has 21 fully saturated rings. The van der Waals surface area contributed by atoms with E-state index in [1.165, 1.54) is 0 Å². The topological polar surface area (TPSA) is 618 Å². The zero-order valence-corrected chi connectivity index (χ0v) is 47.6. The van der Waals surface area contributed by atoms with E-state index in [0.717, 1.165) is 11.8 Å². The van der Waals surface area contributed by atoms with Crippen LogP contribution in [0.15, 0.2) is 0 Å². The van der Waals surface area contributed by atoms with Gasteiger partial charge in [-0.1, -0.05) is 0 Å². The van der Waals surface area contributed by atoms with Gasteiger partial charge in [-0.2, -0.15) is 0 Å². The molecule has 40 heteroatoms. The molecule has 21 heterocycles. The Hall–Kier alpha value is -2.11. The van der Waals surface area contributed by atoms with Crippen molar-refractivity contribution in [1.29, 1.82) is 0 Å². The molecule has 21 aliphatic heterocycles. The van der Waals surface area contributed by atoms with Gasteiger partial charge in [0.1, 0.15) is 176 Å².